The van der Waals surface area contributed by atoms with Gasteiger partial charge in [-0.25, -0.2) is 4.79 Å². The number of carbonyl (C=O) groups excluding carboxylic acids is 2. The number of phenols is 1. The number of benzene rings is 1. The number of aliphatic hydroxyl groups is 1. The fourth-order valence-electron chi connectivity index (χ4n) is 3.86. The number of unbranched alkanes of at least 4 members (excludes halogenated alkanes) is 4. The van der Waals surface area contributed by atoms with Crippen LogP contribution in [0.4, 0.5) is 0 Å². The summed E-state index contributed by atoms with van der Waals surface area (Å²) < 4.78 is 11.0. The van der Waals surface area contributed by atoms with Crippen LogP contribution in [0, 0.1) is 5.92 Å². The molecule has 0 saturated carbocycles. The van der Waals surface area contributed by atoms with Crippen molar-refractivity contribution in [1.29, 1.82) is 0 Å². The van der Waals surface area contributed by atoms with Crippen molar-refractivity contribution in [3.05, 3.63) is 41.5 Å². The van der Waals surface area contributed by atoms with Crippen LogP contribution in [0.25, 0.3) is 0 Å². The highest BCUT2D eigenvalue weighted by molar-refractivity contribution is 5.94. The maximum Gasteiger partial charge on any atom is 0.342 e. The summed E-state index contributed by atoms with van der Waals surface area (Å²) in [4.78, 5) is 24.9. The summed E-state index contributed by atoms with van der Waals surface area (Å²) in [5, 5.41) is 20.8. The van der Waals surface area contributed by atoms with Crippen molar-refractivity contribution in [3.8, 4) is 5.75 Å². The van der Waals surface area contributed by atoms with E-state index in [4.69, 9.17) is 9.47 Å². The van der Waals surface area contributed by atoms with Crippen LogP contribution in [-0.4, -0.2) is 41.0 Å². The topological polar surface area (TPSA) is 93.1 Å². The number of aliphatic hydroxyl groups excluding tert-OH is 1. The van der Waals surface area contributed by atoms with Gasteiger partial charge in [-0.3, -0.25) is 4.79 Å². The Balaban J connectivity index is 1.99. The fourth-order valence-corrected chi connectivity index (χ4v) is 3.86. The molecule has 178 valence electrons. The van der Waals surface area contributed by atoms with Crippen LogP contribution < -0.4 is 0 Å². The van der Waals surface area contributed by atoms with Crippen LogP contribution in [0.1, 0.15) is 87.6 Å². The van der Waals surface area contributed by atoms with Crippen LogP contribution in [0.2, 0.25) is 0 Å². The van der Waals surface area contributed by atoms with Gasteiger partial charge in [0.25, 0.3) is 0 Å². The first kappa shape index (κ1) is 25.9. The van der Waals surface area contributed by atoms with Gasteiger partial charge in [-0.05, 0) is 36.8 Å². The molecule has 0 saturated heterocycles. The largest absolute Gasteiger partial charge is 0.507 e. The molecular formula is C26H38O6. The van der Waals surface area contributed by atoms with E-state index in [9.17, 15) is 19.8 Å². The van der Waals surface area contributed by atoms with E-state index in [1.54, 1.807) is 12.1 Å². The Morgan fingerprint density at radius 3 is 2.75 bits per heavy atom. The van der Waals surface area contributed by atoms with E-state index in [0.717, 1.165) is 25.7 Å². The zero-order valence-electron chi connectivity index (χ0n) is 19.4. The first-order chi connectivity index (χ1) is 15.4. The number of aromatic hydroxyl groups is 1. The van der Waals surface area contributed by atoms with Crippen LogP contribution >= 0.6 is 0 Å². The normalized spacial score (nSPS) is 22.7. The molecule has 1 aromatic rings. The lowest BCUT2D eigenvalue weighted by atomic mass is 9.94. The summed E-state index contributed by atoms with van der Waals surface area (Å²) in [6.07, 6.45) is 10.1. The van der Waals surface area contributed by atoms with Crippen LogP contribution in [-0.2, 0) is 20.7 Å². The average Bonchev–Trinajstić information content (AvgIpc) is 2.75. The summed E-state index contributed by atoms with van der Waals surface area (Å²) >= 11 is 0. The van der Waals surface area contributed by atoms with E-state index >= 15 is 0 Å². The van der Waals surface area contributed by atoms with Crippen molar-refractivity contribution in [3.63, 3.8) is 0 Å². The highest BCUT2D eigenvalue weighted by Gasteiger charge is 2.26. The standard InChI is InChI=1S/C26H38O6/c1-3-4-5-6-7-15-24(29)31-17-16-21-18-23(28)19(2)11-8-9-12-20-13-10-14-22(27)25(20)26(30)32-21/h8-10,13-14,19,21,23,27-28H,3-7,11-12,15-18H2,1-2H3/b9-8+. The molecule has 6 heteroatoms. The number of hydrogen-bond donors (Lipinski definition) is 2. The lowest BCUT2D eigenvalue weighted by molar-refractivity contribution is -0.144. The van der Waals surface area contributed by atoms with Gasteiger partial charge in [0.15, 0.2) is 0 Å². The second kappa shape index (κ2) is 13.9. The first-order valence-corrected chi connectivity index (χ1v) is 11.9. The molecule has 32 heavy (non-hydrogen) atoms. The second-order valence-corrected chi connectivity index (χ2v) is 8.70. The summed E-state index contributed by atoms with van der Waals surface area (Å²) in [7, 11) is 0. The zero-order chi connectivity index (χ0) is 23.3. The molecule has 0 amide bonds. The fraction of sp³-hybridized carbons (Fsp3) is 0.615. The Kier molecular flexibility index (Phi) is 11.3. The summed E-state index contributed by atoms with van der Waals surface area (Å²) in [6.45, 7) is 4.23. The monoisotopic (exact) mass is 446 g/mol. The third kappa shape index (κ3) is 8.65. The SMILES string of the molecule is CCCCCCCC(=O)OCCC1CC(O)C(C)C/C=C/Cc2cccc(O)c2C(=O)O1. The lowest BCUT2D eigenvalue weighted by Crippen LogP contribution is -2.29. The molecule has 0 bridgehead atoms. The minimum Gasteiger partial charge on any atom is -0.507 e. The third-order valence-electron chi connectivity index (χ3n) is 5.97. The molecule has 1 heterocycles. The van der Waals surface area contributed by atoms with Crippen molar-refractivity contribution in [2.24, 2.45) is 5.92 Å². The van der Waals surface area contributed by atoms with E-state index in [1.165, 1.54) is 12.5 Å². The highest BCUT2D eigenvalue weighted by atomic mass is 16.6. The molecule has 0 aromatic heterocycles. The third-order valence-corrected chi connectivity index (χ3v) is 5.97. The number of esters is 2. The van der Waals surface area contributed by atoms with Crippen LogP contribution in [0.3, 0.4) is 0 Å². The van der Waals surface area contributed by atoms with E-state index in [0.29, 0.717) is 31.2 Å². The number of carbonyl (C=O) groups is 2. The number of ether oxygens (including phenoxy) is 2. The van der Waals surface area contributed by atoms with E-state index in [2.05, 4.69) is 6.92 Å². The number of rotatable bonds is 9. The lowest BCUT2D eigenvalue weighted by Gasteiger charge is -2.25. The predicted octanol–water partition coefficient (Wildman–Crippen LogP) is 5.10. The van der Waals surface area contributed by atoms with Gasteiger partial charge in [-0.15, -0.1) is 0 Å². The molecule has 0 radical (unpaired) electrons. The molecule has 0 aliphatic carbocycles. The minimum atomic E-state index is -0.657. The maximum atomic E-state index is 12.9. The van der Waals surface area contributed by atoms with Crippen molar-refractivity contribution in [1.82, 2.24) is 0 Å². The number of phenolic OH excluding ortho intramolecular Hbond substituents is 1. The van der Waals surface area contributed by atoms with Gasteiger partial charge in [0.05, 0.1) is 12.7 Å². The van der Waals surface area contributed by atoms with Crippen molar-refractivity contribution < 1.29 is 29.3 Å². The van der Waals surface area contributed by atoms with Gasteiger partial charge in [-0.2, -0.15) is 0 Å². The minimum absolute atomic E-state index is 0.00111. The molecule has 1 aliphatic heterocycles. The zero-order valence-corrected chi connectivity index (χ0v) is 19.4. The molecule has 1 aliphatic rings. The van der Waals surface area contributed by atoms with Crippen molar-refractivity contribution in [2.45, 2.75) is 90.3 Å². The number of cyclic esters (lactones) is 1. The highest BCUT2D eigenvalue weighted by Crippen LogP contribution is 2.26. The summed E-state index contributed by atoms with van der Waals surface area (Å²) in [6, 6.07) is 4.96. The average molecular weight is 447 g/mol. The molecule has 6 nitrogen and oxygen atoms in total. The molecule has 2 N–H and O–H groups in total. The van der Waals surface area contributed by atoms with Crippen molar-refractivity contribution in [2.75, 3.05) is 6.61 Å². The molecule has 0 spiro atoms. The van der Waals surface area contributed by atoms with Gasteiger partial charge in [0.2, 0.25) is 0 Å². The first-order valence-electron chi connectivity index (χ1n) is 11.9. The quantitative estimate of drug-likeness (QED) is 0.311. The molecule has 3 unspecified atom stereocenters. The predicted molar refractivity (Wildman–Crippen MR) is 124 cm³/mol. The number of hydrogen-bond acceptors (Lipinski definition) is 6. The molecule has 2 rings (SSSR count). The molecule has 3 atom stereocenters. The van der Waals surface area contributed by atoms with E-state index in [-0.39, 0.29) is 36.2 Å². The Labute approximate surface area is 191 Å². The van der Waals surface area contributed by atoms with E-state index in [1.807, 2.05) is 19.1 Å². The molecular weight excluding hydrogens is 408 g/mol. The second-order valence-electron chi connectivity index (χ2n) is 8.70. The van der Waals surface area contributed by atoms with Gasteiger partial charge in [0, 0.05) is 19.3 Å². The molecule has 0 fully saturated rings. The van der Waals surface area contributed by atoms with Gasteiger partial charge in [-0.1, -0.05) is 63.8 Å². The Morgan fingerprint density at radius 1 is 1.19 bits per heavy atom. The maximum absolute atomic E-state index is 12.9. The van der Waals surface area contributed by atoms with Crippen molar-refractivity contribution >= 4 is 11.9 Å². The van der Waals surface area contributed by atoms with Gasteiger partial charge >= 0.3 is 11.9 Å². The summed E-state index contributed by atoms with van der Waals surface area (Å²) in [5.74, 6) is -0.997. The smallest absolute Gasteiger partial charge is 0.342 e. The van der Waals surface area contributed by atoms with Crippen LogP contribution in [0.5, 0.6) is 5.75 Å². The number of allylic oxidation sites excluding steroid dienone is 2. The summed E-state index contributed by atoms with van der Waals surface area (Å²) in [5.41, 5.74) is 0.836. The van der Waals surface area contributed by atoms with Gasteiger partial charge < -0.3 is 19.7 Å². The number of fused-ring (bicyclic) bond motifs is 1. The van der Waals surface area contributed by atoms with Gasteiger partial charge in [0.1, 0.15) is 17.4 Å². The van der Waals surface area contributed by atoms with E-state index < -0.39 is 18.2 Å². The Hall–Kier alpha value is -2.34. The Bertz CT molecular complexity index is 757. The Morgan fingerprint density at radius 2 is 1.97 bits per heavy atom. The molecule has 1 aromatic carbocycles. The van der Waals surface area contributed by atoms with Crippen LogP contribution in [0.15, 0.2) is 30.4 Å².